The normalized spacial score (nSPS) is 12.9. The third-order valence-electron chi connectivity index (χ3n) is 1.79. The van der Waals surface area contributed by atoms with Gasteiger partial charge in [-0.05, 0) is 28.1 Å². The summed E-state index contributed by atoms with van der Waals surface area (Å²) >= 11 is 5.05. The monoisotopic (exact) mass is 305 g/mol. The first-order valence-electron chi connectivity index (χ1n) is 4.12. The first-order chi connectivity index (χ1) is 7.16. The zero-order valence-electron chi connectivity index (χ0n) is 7.88. The maximum atomic E-state index is 11.3. The molecule has 0 aliphatic heterocycles. The average molecular weight is 306 g/mol. The number of rotatable bonds is 3. The lowest BCUT2D eigenvalue weighted by atomic mass is 10.5. The molecule has 0 radical (unpaired) electrons. The van der Waals surface area contributed by atoms with Crippen LogP contribution in [0.4, 0.5) is 0 Å². The second-order valence-corrected chi connectivity index (χ2v) is 6.72. The SMILES string of the molecule is CS(=O)c1nncn1Cc1ccc(Br)s1. The number of thiophene rings is 1. The smallest absolute Gasteiger partial charge is 0.221 e. The zero-order chi connectivity index (χ0) is 10.8. The summed E-state index contributed by atoms with van der Waals surface area (Å²) in [5, 5.41) is 8.10. The average Bonchev–Trinajstić information content (AvgIpc) is 2.75. The Morgan fingerprint density at radius 3 is 3.00 bits per heavy atom. The Balaban J connectivity index is 2.24. The molecule has 7 heteroatoms. The summed E-state index contributed by atoms with van der Waals surface area (Å²) in [7, 11) is -1.09. The summed E-state index contributed by atoms with van der Waals surface area (Å²) in [5.74, 6) is 0. The quantitative estimate of drug-likeness (QED) is 0.870. The highest BCUT2D eigenvalue weighted by atomic mass is 79.9. The van der Waals surface area contributed by atoms with Gasteiger partial charge < -0.3 is 4.57 Å². The van der Waals surface area contributed by atoms with Crippen molar-refractivity contribution < 1.29 is 4.21 Å². The van der Waals surface area contributed by atoms with Gasteiger partial charge in [-0.3, -0.25) is 4.21 Å². The maximum absolute atomic E-state index is 11.3. The second-order valence-electron chi connectivity index (χ2n) is 2.90. The molecule has 0 spiro atoms. The minimum atomic E-state index is -1.09. The molecule has 2 aromatic rings. The maximum Gasteiger partial charge on any atom is 0.221 e. The molecule has 0 saturated heterocycles. The van der Waals surface area contributed by atoms with Crippen molar-refractivity contribution in [3.63, 3.8) is 0 Å². The Kier molecular flexibility index (Phi) is 3.32. The van der Waals surface area contributed by atoms with Crippen LogP contribution in [0.2, 0.25) is 0 Å². The topological polar surface area (TPSA) is 47.8 Å². The van der Waals surface area contributed by atoms with Crippen LogP contribution in [-0.4, -0.2) is 25.2 Å². The third-order valence-corrected chi connectivity index (χ3v) is 4.23. The van der Waals surface area contributed by atoms with Gasteiger partial charge in [0.1, 0.15) is 6.33 Å². The van der Waals surface area contributed by atoms with E-state index in [4.69, 9.17) is 0 Å². The molecule has 1 atom stereocenters. The van der Waals surface area contributed by atoms with E-state index in [-0.39, 0.29) is 0 Å². The molecule has 2 aromatic heterocycles. The molecule has 0 aliphatic carbocycles. The van der Waals surface area contributed by atoms with E-state index in [0.717, 1.165) is 3.79 Å². The number of hydrogen-bond donors (Lipinski definition) is 0. The number of aromatic nitrogens is 3. The molecule has 2 heterocycles. The predicted molar refractivity (Wildman–Crippen MR) is 63.5 cm³/mol. The molecule has 0 saturated carbocycles. The molecule has 0 bridgehead atoms. The summed E-state index contributed by atoms with van der Waals surface area (Å²) < 4.78 is 14.2. The van der Waals surface area contributed by atoms with Crippen LogP contribution in [-0.2, 0) is 17.3 Å². The lowest BCUT2D eigenvalue weighted by molar-refractivity contribution is 0.655. The van der Waals surface area contributed by atoms with Crippen LogP contribution < -0.4 is 0 Å². The van der Waals surface area contributed by atoms with E-state index in [2.05, 4.69) is 26.1 Å². The molecular formula is C8H8BrN3OS2. The third kappa shape index (κ3) is 2.53. The van der Waals surface area contributed by atoms with E-state index < -0.39 is 10.8 Å². The zero-order valence-corrected chi connectivity index (χ0v) is 11.1. The van der Waals surface area contributed by atoms with E-state index in [1.54, 1.807) is 28.5 Å². The highest BCUT2D eigenvalue weighted by molar-refractivity contribution is 9.11. The van der Waals surface area contributed by atoms with Gasteiger partial charge in [0, 0.05) is 11.1 Å². The largest absolute Gasteiger partial charge is 0.301 e. The Morgan fingerprint density at radius 2 is 2.40 bits per heavy atom. The van der Waals surface area contributed by atoms with Gasteiger partial charge in [0.2, 0.25) is 5.16 Å². The van der Waals surface area contributed by atoms with Crippen LogP contribution in [0.5, 0.6) is 0 Å². The van der Waals surface area contributed by atoms with E-state index in [1.165, 1.54) is 4.88 Å². The molecular weight excluding hydrogens is 298 g/mol. The number of nitrogens with zero attached hydrogens (tertiary/aromatic N) is 3. The van der Waals surface area contributed by atoms with Crippen molar-refractivity contribution in [2.75, 3.05) is 6.26 Å². The predicted octanol–water partition coefficient (Wildman–Crippen LogP) is 1.89. The van der Waals surface area contributed by atoms with Gasteiger partial charge in [0.25, 0.3) is 0 Å². The second kappa shape index (κ2) is 4.54. The van der Waals surface area contributed by atoms with E-state index >= 15 is 0 Å². The van der Waals surface area contributed by atoms with Crippen molar-refractivity contribution in [2.24, 2.45) is 0 Å². The fourth-order valence-electron chi connectivity index (χ4n) is 1.18. The van der Waals surface area contributed by atoms with Crippen LogP contribution in [0.3, 0.4) is 0 Å². The lowest BCUT2D eigenvalue weighted by Crippen LogP contribution is -2.04. The van der Waals surface area contributed by atoms with E-state index in [1.807, 2.05) is 12.1 Å². The molecule has 80 valence electrons. The van der Waals surface area contributed by atoms with Crippen molar-refractivity contribution in [1.82, 2.24) is 14.8 Å². The summed E-state index contributed by atoms with van der Waals surface area (Å²) in [6.45, 7) is 0.665. The Morgan fingerprint density at radius 1 is 1.60 bits per heavy atom. The first-order valence-corrected chi connectivity index (χ1v) is 7.29. The molecule has 0 fully saturated rings. The molecule has 15 heavy (non-hydrogen) atoms. The van der Waals surface area contributed by atoms with Gasteiger partial charge in [0.15, 0.2) is 0 Å². The summed E-state index contributed by atoms with van der Waals surface area (Å²) in [6.07, 6.45) is 3.20. The minimum Gasteiger partial charge on any atom is -0.301 e. The Hall–Kier alpha value is -0.530. The van der Waals surface area contributed by atoms with Crippen molar-refractivity contribution >= 4 is 38.1 Å². The van der Waals surface area contributed by atoms with Crippen LogP contribution in [0.15, 0.2) is 27.4 Å². The first kappa shape index (κ1) is 11.0. The molecule has 0 aromatic carbocycles. The van der Waals surface area contributed by atoms with Crippen molar-refractivity contribution in [3.8, 4) is 0 Å². The van der Waals surface area contributed by atoms with E-state index in [0.29, 0.717) is 11.7 Å². The standard InChI is InChI=1S/C8H8BrN3OS2/c1-15(13)8-11-10-5-12(8)4-6-2-3-7(9)14-6/h2-3,5H,4H2,1H3. The highest BCUT2D eigenvalue weighted by Gasteiger charge is 2.08. The molecule has 0 amide bonds. The van der Waals surface area contributed by atoms with Crippen LogP contribution in [0.1, 0.15) is 4.88 Å². The lowest BCUT2D eigenvalue weighted by Gasteiger charge is -2.01. The van der Waals surface area contributed by atoms with Gasteiger partial charge in [-0.1, -0.05) is 0 Å². The molecule has 4 nitrogen and oxygen atoms in total. The summed E-state index contributed by atoms with van der Waals surface area (Å²) in [5.41, 5.74) is 0. The fourth-order valence-corrected chi connectivity index (χ4v) is 3.27. The number of hydrogen-bond acceptors (Lipinski definition) is 4. The van der Waals surface area contributed by atoms with Crippen molar-refractivity contribution in [1.29, 1.82) is 0 Å². The molecule has 0 N–H and O–H groups in total. The van der Waals surface area contributed by atoms with Gasteiger partial charge in [-0.2, -0.15) is 0 Å². The summed E-state index contributed by atoms with van der Waals surface area (Å²) in [6, 6.07) is 4.02. The van der Waals surface area contributed by atoms with Gasteiger partial charge in [-0.15, -0.1) is 21.5 Å². The fraction of sp³-hybridized carbons (Fsp3) is 0.250. The number of halogens is 1. The Bertz CT molecular complexity index is 494. The molecule has 2 rings (SSSR count). The summed E-state index contributed by atoms with van der Waals surface area (Å²) in [4.78, 5) is 1.17. The van der Waals surface area contributed by atoms with Crippen LogP contribution in [0.25, 0.3) is 0 Å². The minimum absolute atomic E-state index is 0.513. The van der Waals surface area contributed by atoms with Gasteiger partial charge in [0.05, 0.1) is 21.1 Å². The van der Waals surface area contributed by atoms with Gasteiger partial charge in [-0.25, -0.2) is 0 Å². The van der Waals surface area contributed by atoms with Crippen molar-refractivity contribution in [3.05, 3.63) is 27.1 Å². The van der Waals surface area contributed by atoms with Crippen molar-refractivity contribution in [2.45, 2.75) is 11.7 Å². The molecule has 0 aliphatic rings. The molecule has 1 unspecified atom stereocenters. The van der Waals surface area contributed by atoms with Crippen LogP contribution in [0, 0.1) is 0 Å². The van der Waals surface area contributed by atoms with Crippen LogP contribution >= 0.6 is 27.3 Å². The van der Waals surface area contributed by atoms with Gasteiger partial charge >= 0.3 is 0 Å². The highest BCUT2D eigenvalue weighted by Crippen LogP contribution is 2.23. The van der Waals surface area contributed by atoms with E-state index in [9.17, 15) is 4.21 Å². The Labute approximate surface area is 102 Å².